The van der Waals surface area contributed by atoms with E-state index in [9.17, 15) is 9.59 Å². The average molecular weight is 277 g/mol. The minimum absolute atomic E-state index is 0.334. The van der Waals surface area contributed by atoms with E-state index in [1.54, 1.807) is 12.3 Å². The topological polar surface area (TPSA) is 67.4 Å². The van der Waals surface area contributed by atoms with Gasteiger partial charge in [0, 0.05) is 12.4 Å². The van der Waals surface area contributed by atoms with Gasteiger partial charge in [-0.15, -0.1) is 22.9 Å². The molecule has 0 aliphatic rings. The van der Waals surface area contributed by atoms with E-state index in [-0.39, 0.29) is 0 Å². The molecule has 0 aromatic carbocycles. The summed E-state index contributed by atoms with van der Waals surface area (Å²) in [5.41, 5.74) is 1.16. The second-order valence-corrected chi connectivity index (χ2v) is 4.44. The third-order valence-corrected chi connectivity index (χ3v) is 3.17. The monoisotopic (exact) mass is 276 g/mol. The fourth-order valence-electron chi connectivity index (χ4n) is 1.20. The second kappa shape index (κ2) is 6.46. The van der Waals surface area contributed by atoms with Crippen molar-refractivity contribution in [1.29, 1.82) is 0 Å². The van der Waals surface area contributed by atoms with Crippen LogP contribution in [0.5, 0.6) is 0 Å². The zero-order valence-corrected chi connectivity index (χ0v) is 11.1. The zero-order chi connectivity index (χ0) is 12.8. The third-order valence-electron chi connectivity index (χ3n) is 1.97. The van der Waals surface area contributed by atoms with Crippen molar-refractivity contribution in [2.75, 3.05) is 24.9 Å². The first-order valence-electron chi connectivity index (χ1n) is 4.87. The standard InChI is InChI=1S/C10H13ClN2O3S/c1-6-5-17-8(7(6)9(14)16-2)13-10(15)12-4-3-11/h5H,3-4H2,1-2H3,(H2,12,13,15). The van der Waals surface area contributed by atoms with E-state index in [1.807, 2.05) is 0 Å². The molecule has 94 valence electrons. The Morgan fingerprint density at radius 1 is 1.53 bits per heavy atom. The predicted octanol–water partition coefficient (Wildman–Crippen LogP) is 2.20. The van der Waals surface area contributed by atoms with Crippen molar-refractivity contribution in [2.45, 2.75) is 6.92 Å². The van der Waals surface area contributed by atoms with Gasteiger partial charge in [0.15, 0.2) is 0 Å². The van der Waals surface area contributed by atoms with E-state index in [0.29, 0.717) is 23.0 Å². The molecular formula is C10H13ClN2O3S. The van der Waals surface area contributed by atoms with Crippen molar-refractivity contribution in [3.8, 4) is 0 Å². The molecule has 5 nitrogen and oxygen atoms in total. The molecule has 1 rings (SSSR count). The lowest BCUT2D eigenvalue weighted by atomic mass is 10.2. The molecule has 0 aliphatic carbocycles. The molecule has 0 spiro atoms. The van der Waals surface area contributed by atoms with Gasteiger partial charge in [0.05, 0.1) is 12.7 Å². The molecule has 0 unspecified atom stereocenters. The van der Waals surface area contributed by atoms with Gasteiger partial charge in [0.2, 0.25) is 0 Å². The maximum atomic E-state index is 11.5. The Morgan fingerprint density at radius 2 is 2.24 bits per heavy atom. The van der Waals surface area contributed by atoms with Crippen molar-refractivity contribution in [1.82, 2.24) is 5.32 Å². The predicted molar refractivity (Wildman–Crippen MR) is 68.1 cm³/mol. The third kappa shape index (κ3) is 3.61. The van der Waals surface area contributed by atoms with Gasteiger partial charge in [0.1, 0.15) is 5.00 Å². The normalized spacial score (nSPS) is 9.82. The Morgan fingerprint density at radius 3 is 2.82 bits per heavy atom. The van der Waals surface area contributed by atoms with Crippen LogP contribution in [0, 0.1) is 6.92 Å². The Hall–Kier alpha value is -1.27. The van der Waals surface area contributed by atoms with Crippen LogP contribution in [0.25, 0.3) is 0 Å². The Kier molecular flexibility index (Phi) is 5.24. The summed E-state index contributed by atoms with van der Waals surface area (Å²) in [5, 5.41) is 7.39. The lowest BCUT2D eigenvalue weighted by Crippen LogP contribution is -2.30. The molecule has 0 radical (unpaired) electrons. The molecular weight excluding hydrogens is 264 g/mol. The number of carbonyl (C=O) groups excluding carboxylic acids is 2. The molecule has 0 saturated heterocycles. The number of methoxy groups -OCH3 is 1. The summed E-state index contributed by atoms with van der Waals surface area (Å²) < 4.78 is 4.65. The van der Waals surface area contributed by atoms with Crippen molar-refractivity contribution >= 4 is 39.9 Å². The van der Waals surface area contributed by atoms with Crippen LogP contribution >= 0.6 is 22.9 Å². The number of thiophene rings is 1. The summed E-state index contributed by atoms with van der Waals surface area (Å²) >= 11 is 6.72. The molecule has 0 fully saturated rings. The summed E-state index contributed by atoms with van der Waals surface area (Å²) in [5.74, 6) is -0.128. The first-order valence-corrected chi connectivity index (χ1v) is 6.28. The van der Waals surface area contributed by atoms with Crippen LogP contribution in [0.2, 0.25) is 0 Å². The van der Waals surface area contributed by atoms with Gasteiger partial charge in [-0.05, 0) is 17.9 Å². The quantitative estimate of drug-likeness (QED) is 0.654. The molecule has 1 heterocycles. The number of rotatable bonds is 4. The van der Waals surface area contributed by atoms with Gasteiger partial charge in [-0.3, -0.25) is 5.32 Å². The van der Waals surface area contributed by atoms with E-state index in [4.69, 9.17) is 11.6 Å². The summed E-state index contributed by atoms with van der Waals surface area (Å²) in [7, 11) is 1.30. The lowest BCUT2D eigenvalue weighted by molar-refractivity contribution is 0.0601. The minimum atomic E-state index is -0.462. The smallest absolute Gasteiger partial charge is 0.341 e. The highest BCUT2D eigenvalue weighted by molar-refractivity contribution is 7.15. The fraction of sp³-hybridized carbons (Fsp3) is 0.400. The summed E-state index contributed by atoms with van der Waals surface area (Å²) in [6.45, 7) is 2.15. The van der Waals surface area contributed by atoms with Crippen LogP contribution < -0.4 is 10.6 Å². The largest absolute Gasteiger partial charge is 0.465 e. The molecule has 1 aromatic rings. The van der Waals surface area contributed by atoms with Crippen molar-refractivity contribution in [3.63, 3.8) is 0 Å². The molecule has 7 heteroatoms. The fourth-order valence-corrected chi connectivity index (χ4v) is 2.22. The van der Waals surface area contributed by atoms with Gasteiger partial charge in [-0.1, -0.05) is 0 Å². The number of hydrogen-bond donors (Lipinski definition) is 2. The van der Waals surface area contributed by atoms with E-state index in [2.05, 4.69) is 15.4 Å². The molecule has 1 aromatic heterocycles. The number of carbonyl (C=O) groups is 2. The maximum Gasteiger partial charge on any atom is 0.341 e. The summed E-state index contributed by atoms with van der Waals surface area (Å²) in [6, 6.07) is -0.391. The maximum absolute atomic E-state index is 11.5. The van der Waals surface area contributed by atoms with Gasteiger partial charge in [-0.2, -0.15) is 0 Å². The van der Waals surface area contributed by atoms with Crippen molar-refractivity contribution < 1.29 is 14.3 Å². The Bertz CT molecular complexity index is 420. The number of aryl methyl sites for hydroxylation is 1. The molecule has 2 N–H and O–H groups in total. The van der Waals surface area contributed by atoms with Gasteiger partial charge >= 0.3 is 12.0 Å². The van der Waals surface area contributed by atoms with Crippen molar-refractivity contribution in [3.05, 3.63) is 16.5 Å². The number of ether oxygens (including phenoxy) is 1. The highest BCUT2D eigenvalue weighted by Gasteiger charge is 2.18. The Balaban J connectivity index is 2.78. The Labute approximate surface area is 108 Å². The molecule has 17 heavy (non-hydrogen) atoms. The number of halogens is 1. The lowest BCUT2D eigenvalue weighted by Gasteiger charge is -2.06. The van der Waals surface area contributed by atoms with Gasteiger partial charge in [0.25, 0.3) is 0 Å². The highest BCUT2D eigenvalue weighted by Crippen LogP contribution is 2.28. The average Bonchev–Trinajstić information content (AvgIpc) is 2.67. The first-order chi connectivity index (χ1) is 8.10. The van der Waals surface area contributed by atoms with E-state index < -0.39 is 12.0 Å². The summed E-state index contributed by atoms with van der Waals surface area (Å²) in [4.78, 5) is 22.9. The number of anilines is 1. The summed E-state index contributed by atoms with van der Waals surface area (Å²) in [6.07, 6.45) is 0. The first kappa shape index (κ1) is 13.8. The highest BCUT2D eigenvalue weighted by atomic mass is 35.5. The number of urea groups is 1. The number of alkyl halides is 1. The van der Waals surface area contributed by atoms with Crippen LogP contribution in [0.4, 0.5) is 9.80 Å². The van der Waals surface area contributed by atoms with Gasteiger partial charge in [-0.25, -0.2) is 9.59 Å². The molecule has 0 saturated carbocycles. The van der Waals surface area contributed by atoms with E-state index >= 15 is 0 Å². The van der Waals surface area contributed by atoms with Crippen molar-refractivity contribution in [2.24, 2.45) is 0 Å². The van der Waals surface area contributed by atoms with Crippen LogP contribution in [-0.4, -0.2) is 31.5 Å². The molecule has 0 aliphatic heterocycles. The van der Waals surface area contributed by atoms with E-state index in [1.165, 1.54) is 18.4 Å². The van der Waals surface area contributed by atoms with Crippen LogP contribution in [0.15, 0.2) is 5.38 Å². The minimum Gasteiger partial charge on any atom is -0.465 e. The molecule has 2 amide bonds. The van der Waals surface area contributed by atoms with Crippen LogP contribution in [0.1, 0.15) is 15.9 Å². The number of nitrogens with one attached hydrogen (secondary N) is 2. The van der Waals surface area contributed by atoms with E-state index in [0.717, 1.165) is 5.56 Å². The SMILES string of the molecule is COC(=O)c1c(C)csc1NC(=O)NCCCl. The number of amides is 2. The zero-order valence-electron chi connectivity index (χ0n) is 9.50. The van der Waals surface area contributed by atoms with Crippen LogP contribution in [-0.2, 0) is 4.74 Å². The second-order valence-electron chi connectivity index (χ2n) is 3.18. The van der Waals surface area contributed by atoms with Crippen LogP contribution in [0.3, 0.4) is 0 Å². The van der Waals surface area contributed by atoms with Gasteiger partial charge < -0.3 is 10.1 Å². The molecule has 0 bridgehead atoms. The number of esters is 1. The number of hydrogen-bond acceptors (Lipinski definition) is 4. The molecule has 0 atom stereocenters.